The van der Waals surface area contributed by atoms with E-state index in [-0.39, 0.29) is 0 Å². The highest BCUT2D eigenvalue weighted by atomic mass is 79.9. The van der Waals surface area contributed by atoms with E-state index in [0.717, 1.165) is 27.8 Å². The lowest BCUT2D eigenvalue weighted by atomic mass is 10.3. The standard InChI is InChI=1S/C11H13Br2N3S/c1-16-8(3-5-15-16)2-4-14-7-9-6-10(12)11(13)17-9/h3,5-6,14H,2,4,7H2,1H3. The van der Waals surface area contributed by atoms with Gasteiger partial charge in [0.25, 0.3) is 0 Å². The minimum Gasteiger partial charge on any atom is -0.311 e. The highest BCUT2D eigenvalue weighted by Gasteiger charge is 2.03. The molecule has 0 aromatic carbocycles. The monoisotopic (exact) mass is 377 g/mol. The van der Waals surface area contributed by atoms with Gasteiger partial charge in [0.15, 0.2) is 0 Å². The molecular formula is C11H13Br2N3S. The van der Waals surface area contributed by atoms with Crippen LogP contribution in [0.3, 0.4) is 0 Å². The van der Waals surface area contributed by atoms with E-state index in [2.05, 4.69) is 54.4 Å². The second kappa shape index (κ2) is 6.13. The summed E-state index contributed by atoms with van der Waals surface area (Å²) in [6.45, 7) is 1.87. The van der Waals surface area contributed by atoms with Crippen LogP contribution in [0.25, 0.3) is 0 Å². The summed E-state index contributed by atoms with van der Waals surface area (Å²) in [5, 5.41) is 7.58. The van der Waals surface area contributed by atoms with Crippen molar-refractivity contribution >= 4 is 43.2 Å². The van der Waals surface area contributed by atoms with E-state index >= 15 is 0 Å². The van der Waals surface area contributed by atoms with Gasteiger partial charge in [-0.1, -0.05) is 0 Å². The maximum absolute atomic E-state index is 4.15. The average Bonchev–Trinajstić information content (AvgIpc) is 2.82. The number of aromatic nitrogens is 2. The zero-order chi connectivity index (χ0) is 12.3. The molecule has 0 saturated carbocycles. The van der Waals surface area contributed by atoms with Crippen LogP contribution in [0.2, 0.25) is 0 Å². The first kappa shape index (κ1) is 13.3. The number of nitrogens with zero attached hydrogens (tertiary/aromatic N) is 2. The lowest BCUT2D eigenvalue weighted by molar-refractivity contribution is 0.646. The Balaban J connectivity index is 1.75. The number of rotatable bonds is 5. The summed E-state index contributed by atoms with van der Waals surface area (Å²) in [4.78, 5) is 1.33. The Kier molecular flexibility index (Phi) is 4.78. The normalized spacial score (nSPS) is 11.0. The minimum atomic E-state index is 0.909. The largest absolute Gasteiger partial charge is 0.311 e. The molecule has 17 heavy (non-hydrogen) atoms. The predicted molar refractivity (Wildman–Crippen MR) is 78.3 cm³/mol. The molecule has 0 aliphatic rings. The first-order valence-electron chi connectivity index (χ1n) is 5.28. The Labute approximate surface area is 121 Å². The molecule has 92 valence electrons. The Morgan fingerprint density at radius 2 is 2.29 bits per heavy atom. The molecule has 0 radical (unpaired) electrons. The van der Waals surface area contributed by atoms with Gasteiger partial charge in [-0.2, -0.15) is 5.10 Å². The van der Waals surface area contributed by atoms with Gasteiger partial charge < -0.3 is 5.32 Å². The number of hydrogen-bond donors (Lipinski definition) is 1. The summed E-state index contributed by atoms with van der Waals surface area (Å²) in [6, 6.07) is 4.20. The Morgan fingerprint density at radius 3 is 2.88 bits per heavy atom. The van der Waals surface area contributed by atoms with Gasteiger partial charge in [0.1, 0.15) is 0 Å². The van der Waals surface area contributed by atoms with Gasteiger partial charge in [-0.3, -0.25) is 4.68 Å². The van der Waals surface area contributed by atoms with Crippen molar-refractivity contribution in [1.29, 1.82) is 0 Å². The van der Waals surface area contributed by atoms with E-state index in [9.17, 15) is 0 Å². The topological polar surface area (TPSA) is 29.9 Å². The molecule has 0 saturated heterocycles. The first-order valence-corrected chi connectivity index (χ1v) is 7.68. The van der Waals surface area contributed by atoms with E-state index in [1.165, 1.54) is 10.6 Å². The number of halogens is 2. The van der Waals surface area contributed by atoms with E-state index in [1.54, 1.807) is 11.3 Å². The molecule has 0 fully saturated rings. The molecule has 3 nitrogen and oxygen atoms in total. The van der Waals surface area contributed by atoms with Gasteiger partial charge in [-0.25, -0.2) is 0 Å². The number of aryl methyl sites for hydroxylation is 1. The Bertz CT molecular complexity index is 473. The van der Waals surface area contributed by atoms with Gasteiger partial charge >= 0.3 is 0 Å². The van der Waals surface area contributed by atoms with E-state index < -0.39 is 0 Å². The van der Waals surface area contributed by atoms with Crippen LogP contribution in [-0.2, 0) is 20.0 Å². The number of nitrogens with one attached hydrogen (secondary N) is 1. The lowest BCUT2D eigenvalue weighted by Crippen LogP contribution is -2.17. The molecule has 0 atom stereocenters. The zero-order valence-electron chi connectivity index (χ0n) is 9.41. The van der Waals surface area contributed by atoms with Crippen LogP contribution in [0.15, 0.2) is 26.6 Å². The quantitative estimate of drug-likeness (QED) is 0.808. The van der Waals surface area contributed by atoms with E-state index in [0.29, 0.717) is 0 Å². The molecule has 1 N–H and O–H groups in total. The van der Waals surface area contributed by atoms with Crippen LogP contribution in [0.4, 0.5) is 0 Å². The highest BCUT2D eigenvalue weighted by Crippen LogP contribution is 2.32. The molecule has 2 rings (SSSR count). The third-order valence-electron chi connectivity index (χ3n) is 2.48. The predicted octanol–water partition coefficient (Wildman–Crippen LogP) is 3.34. The van der Waals surface area contributed by atoms with E-state index in [1.807, 2.05) is 17.9 Å². The van der Waals surface area contributed by atoms with Gasteiger partial charge in [-0.05, 0) is 44.0 Å². The molecule has 0 unspecified atom stereocenters. The highest BCUT2D eigenvalue weighted by molar-refractivity contribution is 9.13. The summed E-state index contributed by atoms with van der Waals surface area (Å²) < 4.78 is 4.20. The average molecular weight is 379 g/mol. The third-order valence-corrected chi connectivity index (χ3v) is 5.73. The van der Waals surface area contributed by atoms with Gasteiger partial charge in [0, 0.05) is 47.8 Å². The summed E-state index contributed by atoms with van der Waals surface area (Å²) in [6.07, 6.45) is 2.84. The van der Waals surface area contributed by atoms with Crippen molar-refractivity contribution in [2.45, 2.75) is 13.0 Å². The van der Waals surface area contributed by atoms with Crippen molar-refractivity contribution in [1.82, 2.24) is 15.1 Å². The van der Waals surface area contributed by atoms with Crippen LogP contribution < -0.4 is 5.32 Å². The van der Waals surface area contributed by atoms with Crippen LogP contribution in [0.1, 0.15) is 10.6 Å². The third kappa shape index (κ3) is 3.64. The number of thiophene rings is 1. The van der Waals surface area contributed by atoms with Crippen molar-refractivity contribution in [3.63, 3.8) is 0 Å². The van der Waals surface area contributed by atoms with Crippen molar-refractivity contribution in [3.8, 4) is 0 Å². The molecule has 0 bridgehead atoms. The molecule has 0 amide bonds. The maximum atomic E-state index is 4.15. The van der Waals surface area contributed by atoms with Crippen molar-refractivity contribution in [2.24, 2.45) is 7.05 Å². The summed E-state index contributed by atoms with van der Waals surface area (Å²) in [5.74, 6) is 0. The van der Waals surface area contributed by atoms with Crippen molar-refractivity contribution in [3.05, 3.63) is 37.2 Å². The van der Waals surface area contributed by atoms with Crippen LogP contribution >= 0.6 is 43.2 Å². The van der Waals surface area contributed by atoms with Crippen LogP contribution in [-0.4, -0.2) is 16.3 Å². The molecule has 2 heterocycles. The van der Waals surface area contributed by atoms with Crippen LogP contribution in [0.5, 0.6) is 0 Å². The number of hydrogen-bond acceptors (Lipinski definition) is 3. The minimum absolute atomic E-state index is 0.909. The fourth-order valence-corrected chi connectivity index (χ4v) is 3.70. The second-order valence-electron chi connectivity index (χ2n) is 3.71. The van der Waals surface area contributed by atoms with Gasteiger partial charge in [0.05, 0.1) is 3.79 Å². The summed E-state index contributed by atoms with van der Waals surface area (Å²) >= 11 is 8.74. The molecule has 0 spiro atoms. The smallest absolute Gasteiger partial charge is 0.0843 e. The molecule has 0 aliphatic heterocycles. The fourth-order valence-electron chi connectivity index (χ4n) is 1.55. The SMILES string of the molecule is Cn1nccc1CCNCc1cc(Br)c(Br)s1. The Hall–Kier alpha value is -0.170. The van der Waals surface area contributed by atoms with Crippen LogP contribution in [0, 0.1) is 0 Å². The van der Waals surface area contributed by atoms with Crippen molar-refractivity contribution < 1.29 is 0 Å². The lowest BCUT2D eigenvalue weighted by Gasteiger charge is -2.03. The first-order chi connectivity index (χ1) is 8.16. The molecule has 2 aromatic rings. The molecular weight excluding hydrogens is 366 g/mol. The molecule has 2 aromatic heterocycles. The molecule has 6 heteroatoms. The second-order valence-corrected chi connectivity index (χ2v) is 7.02. The van der Waals surface area contributed by atoms with Gasteiger partial charge in [-0.15, -0.1) is 11.3 Å². The summed E-state index contributed by atoms with van der Waals surface area (Å²) in [7, 11) is 1.98. The van der Waals surface area contributed by atoms with E-state index in [4.69, 9.17) is 0 Å². The molecule has 0 aliphatic carbocycles. The maximum Gasteiger partial charge on any atom is 0.0843 e. The van der Waals surface area contributed by atoms with Gasteiger partial charge in [0.2, 0.25) is 0 Å². The van der Waals surface area contributed by atoms with Crippen molar-refractivity contribution in [2.75, 3.05) is 6.54 Å². The fraction of sp³-hybridized carbons (Fsp3) is 0.364. The zero-order valence-corrected chi connectivity index (χ0v) is 13.4. The Morgan fingerprint density at radius 1 is 1.47 bits per heavy atom. The summed E-state index contributed by atoms with van der Waals surface area (Å²) in [5.41, 5.74) is 1.26.